The molecule has 4 atom stereocenters. The third-order valence-corrected chi connectivity index (χ3v) is 6.80. The van der Waals surface area contributed by atoms with Crippen LogP contribution in [0.3, 0.4) is 0 Å². The number of nitrogens with zero attached hydrogens (tertiary/aromatic N) is 2. The van der Waals surface area contributed by atoms with Gasteiger partial charge in [0.2, 0.25) is 0 Å². The molecule has 3 nitrogen and oxygen atoms in total. The minimum absolute atomic E-state index is 0.364. The molecule has 1 N–H and O–H groups in total. The van der Waals surface area contributed by atoms with Gasteiger partial charge in [-0.25, -0.2) is 9.97 Å². The van der Waals surface area contributed by atoms with Crippen molar-refractivity contribution in [3.05, 3.63) is 24.3 Å². The minimum atomic E-state index is 0.364. The molecule has 1 saturated heterocycles. The predicted octanol–water partition coefficient (Wildman–Crippen LogP) is 2.75. The lowest BCUT2D eigenvalue weighted by atomic mass is 10.1. The topological polar surface area (TPSA) is 37.8 Å². The number of thioether (sulfide) groups is 2. The smallest absolute Gasteiger partial charge is 0.115 e. The van der Waals surface area contributed by atoms with E-state index in [4.69, 9.17) is 0 Å². The summed E-state index contributed by atoms with van der Waals surface area (Å²) in [6.45, 7) is 7.79. The van der Waals surface area contributed by atoms with Crippen LogP contribution in [-0.4, -0.2) is 38.0 Å². The zero-order chi connectivity index (χ0) is 13.0. The Labute approximate surface area is 118 Å². The molecule has 100 valence electrons. The maximum atomic E-state index is 4.15. The van der Waals surface area contributed by atoms with E-state index in [1.54, 1.807) is 6.33 Å². The van der Waals surface area contributed by atoms with Gasteiger partial charge >= 0.3 is 0 Å². The summed E-state index contributed by atoms with van der Waals surface area (Å²) in [5.41, 5.74) is 1.21. The predicted molar refractivity (Wildman–Crippen MR) is 81.2 cm³/mol. The molecule has 0 aliphatic carbocycles. The Balaban J connectivity index is 2.11. The van der Waals surface area contributed by atoms with Crippen molar-refractivity contribution in [2.75, 3.05) is 12.3 Å². The average Bonchev–Trinajstić information content (AvgIpc) is 2.40. The summed E-state index contributed by atoms with van der Waals surface area (Å²) in [7, 11) is 0. The van der Waals surface area contributed by atoms with Gasteiger partial charge in [-0.15, -0.1) is 0 Å². The van der Waals surface area contributed by atoms with Gasteiger partial charge in [-0.05, 0) is 6.54 Å². The van der Waals surface area contributed by atoms with Crippen LogP contribution in [0.2, 0.25) is 0 Å². The number of hydrogen-bond donors (Lipinski definition) is 1. The van der Waals surface area contributed by atoms with Gasteiger partial charge in [0.15, 0.2) is 0 Å². The summed E-state index contributed by atoms with van der Waals surface area (Å²) in [4.78, 5) is 8.30. The Bertz CT molecular complexity index is 361. The van der Waals surface area contributed by atoms with E-state index in [2.05, 4.69) is 59.6 Å². The summed E-state index contributed by atoms with van der Waals surface area (Å²) in [6, 6.07) is 0.364. The molecule has 1 aromatic heterocycles. The van der Waals surface area contributed by atoms with Gasteiger partial charge in [-0.3, -0.25) is 0 Å². The van der Waals surface area contributed by atoms with Crippen molar-refractivity contribution >= 4 is 23.5 Å². The molecule has 1 aliphatic rings. The SMILES string of the molecule is CCNC(c1cncnc1)C1CSC(C)C(C)S1. The molecule has 0 spiro atoms. The maximum Gasteiger partial charge on any atom is 0.115 e. The van der Waals surface area contributed by atoms with E-state index in [9.17, 15) is 0 Å². The van der Waals surface area contributed by atoms with Crippen LogP contribution in [0.5, 0.6) is 0 Å². The van der Waals surface area contributed by atoms with E-state index in [1.807, 2.05) is 12.4 Å². The summed E-state index contributed by atoms with van der Waals surface area (Å²) in [6.07, 6.45) is 5.47. The molecule has 0 bridgehead atoms. The third kappa shape index (κ3) is 3.39. The fourth-order valence-electron chi connectivity index (χ4n) is 2.14. The number of rotatable bonds is 4. The first-order valence-electron chi connectivity index (χ1n) is 6.47. The maximum absolute atomic E-state index is 4.15. The van der Waals surface area contributed by atoms with Crippen molar-refractivity contribution in [2.24, 2.45) is 0 Å². The monoisotopic (exact) mass is 283 g/mol. The second-order valence-corrected chi connectivity index (χ2v) is 7.66. The standard InChI is InChI=1S/C13H21N3S2/c1-4-16-13(11-5-14-8-15-6-11)12-7-17-9(2)10(3)18-12/h5-6,8-10,12-13,16H,4,7H2,1-3H3. The Morgan fingerprint density at radius 3 is 2.67 bits per heavy atom. The van der Waals surface area contributed by atoms with Crippen LogP contribution in [0, 0.1) is 0 Å². The Morgan fingerprint density at radius 2 is 2.06 bits per heavy atom. The van der Waals surface area contributed by atoms with Gasteiger partial charge in [0.1, 0.15) is 6.33 Å². The number of aromatic nitrogens is 2. The van der Waals surface area contributed by atoms with Gasteiger partial charge in [-0.1, -0.05) is 20.8 Å². The Kier molecular flexibility index (Phi) is 5.33. The lowest BCUT2D eigenvalue weighted by Crippen LogP contribution is -2.37. The summed E-state index contributed by atoms with van der Waals surface area (Å²) >= 11 is 4.18. The van der Waals surface area contributed by atoms with Gasteiger partial charge in [0, 0.05) is 45.5 Å². The molecule has 1 aliphatic heterocycles. The van der Waals surface area contributed by atoms with Crippen molar-refractivity contribution in [2.45, 2.75) is 42.6 Å². The molecule has 1 aromatic rings. The van der Waals surface area contributed by atoms with E-state index < -0.39 is 0 Å². The van der Waals surface area contributed by atoms with Crippen LogP contribution in [0.1, 0.15) is 32.4 Å². The van der Waals surface area contributed by atoms with E-state index in [-0.39, 0.29) is 0 Å². The lowest BCUT2D eigenvalue weighted by molar-refractivity contribution is 0.544. The molecule has 0 saturated carbocycles. The van der Waals surface area contributed by atoms with E-state index >= 15 is 0 Å². The second-order valence-electron chi connectivity index (χ2n) is 4.63. The highest BCUT2D eigenvalue weighted by Gasteiger charge is 2.31. The zero-order valence-corrected chi connectivity index (χ0v) is 12.8. The van der Waals surface area contributed by atoms with Crippen molar-refractivity contribution in [3.63, 3.8) is 0 Å². The molecule has 4 unspecified atom stereocenters. The van der Waals surface area contributed by atoms with Gasteiger partial charge < -0.3 is 5.32 Å². The van der Waals surface area contributed by atoms with E-state index in [1.165, 1.54) is 11.3 Å². The van der Waals surface area contributed by atoms with Gasteiger partial charge in [-0.2, -0.15) is 23.5 Å². The largest absolute Gasteiger partial charge is 0.309 e. The van der Waals surface area contributed by atoms with Crippen LogP contribution >= 0.6 is 23.5 Å². The Morgan fingerprint density at radius 1 is 1.33 bits per heavy atom. The van der Waals surface area contributed by atoms with Gasteiger partial charge in [0.25, 0.3) is 0 Å². The van der Waals surface area contributed by atoms with Crippen molar-refractivity contribution < 1.29 is 0 Å². The van der Waals surface area contributed by atoms with Crippen LogP contribution in [-0.2, 0) is 0 Å². The Hall–Kier alpha value is -0.260. The quantitative estimate of drug-likeness (QED) is 0.920. The molecule has 0 radical (unpaired) electrons. The second kappa shape index (κ2) is 6.78. The summed E-state index contributed by atoms with van der Waals surface area (Å²) < 4.78 is 0. The normalized spacial score (nSPS) is 30.1. The van der Waals surface area contributed by atoms with Gasteiger partial charge in [0.05, 0.1) is 0 Å². The fourth-order valence-corrected chi connectivity index (χ4v) is 5.26. The highest BCUT2D eigenvalue weighted by Crippen LogP contribution is 2.40. The molecule has 18 heavy (non-hydrogen) atoms. The fraction of sp³-hybridized carbons (Fsp3) is 0.692. The van der Waals surface area contributed by atoms with Crippen molar-refractivity contribution in [1.82, 2.24) is 15.3 Å². The van der Waals surface area contributed by atoms with Crippen LogP contribution in [0.4, 0.5) is 0 Å². The van der Waals surface area contributed by atoms with E-state index in [0.29, 0.717) is 16.5 Å². The first kappa shape index (κ1) is 14.2. The average molecular weight is 283 g/mol. The minimum Gasteiger partial charge on any atom is -0.309 e. The molecular formula is C13H21N3S2. The highest BCUT2D eigenvalue weighted by molar-refractivity contribution is 8.07. The number of nitrogens with one attached hydrogen (secondary N) is 1. The highest BCUT2D eigenvalue weighted by atomic mass is 32.2. The summed E-state index contributed by atoms with van der Waals surface area (Å²) in [5, 5.41) is 5.65. The van der Waals surface area contributed by atoms with Crippen molar-refractivity contribution in [3.8, 4) is 0 Å². The summed E-state index contributed by atoms with van der Waals surface area (Å²) in [5.74, 6) is 1.20. The van der Waals surface area contributed by atoms with Crippen LogP contribution < -0.4 is 5.32 Å². The molecule has 0 amide bonds. The molecule has 0 aromatic carbocycles. The first-order chi connectivity index (χ1) is 8.72. The molecule has 1 fully saturated rings. The first-order valence-corrected chi connectivity index (χ1v) is 8.47. The third-order valence-electron chi connectivity index (χ3n) is 3.31. The van der Waals surface area contributed by atoms with Crippen LogP contribution in [0.15, 0.2) is 18.7 Å². The molecular weight excluding hydrogens is 262 g/mol. The van der Waals surface area contributed by atoms with Crippen molar-refractivity contribution in [1.29, 1.82) is 0 Å². The molecule has 2 heterocycles. The van der Waals surface area contributed by atoms with E-state index in [0.717, 1.165) is 11.8 Å². The lowest BCUT2D eigenvalue weighted by Gasteiger charge is -2.36. The number of hydrogen-bond acceptors (Lipinski definition) is 5. The van der Waals surface area contributed by atoms with Crippen LogP contribution in [0.25, 0.3) is 0 Å². The zero-order valence-electron chi connectivity index (χ0n) is 11.2. The molecule has 2 rings (SSSR count). The molecule has 5 heteroatoms.